The van der Waals surface area contributed by atoms with Gasteiger partial charge in [0.1, 0.15) is 23.0 Å². The lowest BCUT2D eigenvalue weighted by Crippen LogP contribution is -2.42. The maximum atomic E-state index is 11.7. The molecule has 2 aliphatic heterocycles. The van der Waals surface area contributed by atoms with Crippen molar-refractivity contribution in [1.29, 1.82) is 10.7 Å². The van der Waals surface area contributed by atoms with Crippen molar-refractivity contribution in [2.24, 2.45) is 0 Å². The highest BCUT2D eigenvalue weighted by Gasteiger charge is 2.47. The number of nitrogens with zero attached hydrogens (tertiary/aromatic N) is 5. The zero-order valence-electron chi connectivity index (χ0n) is 23.5. The van der Waals surface area contributed by atoms with E-state index in [1.165, 1.54) is 11.3 Å². The average molecular weight is 562 g/mol. The van der Waals surface area contributed by atoms with Crippen molar-refractivity contribution >= 4 is 33.6 Å². The Labute approximate surface area is 240 Å². The fourth-order valence-electron chi connectivity index (χ4n) is 7.43. The van der Waals surface area contributed by atoms with E-state index in [2.05, 4.69) is 29.8 Å². The summed E-state index contributed by atoms with van der Waals surface area (Å²) in [5.41, 5.74) is 8.04. The second kappa shape index (κ2) is 10.7. The van der Waals surface area contributed by atoms with Gasteiger partial charge in [0.25, 0.3) is 0 Å². The van der Waals surface area contributed by atoms with E-state index in [4.69, 9.17) is 20.4 Å². The molecule has 4 N–H and O–H groups in total. The van der Waals surface area contributed by atoms with Crippen molar-refractivity contribution in [2.75, 3.05) is 37.3 Å². The molecule has 10 heteroatoms. The minimum atomic E-state index is -0.609. The normalized spacial score (nSPS) is 27.1. The fraction of sp³-hybridized carbons (Fsp3) is 0.600. The number of nitriles is 1. The van der Waals surface area contributed by atoms with E-state index < -0.39 is 5.41 Å². The van der Waals surface area contributed by atoms with E-state index in [1.54, 1.807) is 0 Å². The van der Waals surface area contributed by atoms with E-state index >= 15 is 0 Å². The zero-order valence-corrected chi connectivity index (χ0v) is 24.3. The molecule has 6 rings (SSSR count). The van der Waals surface area contributed by atoms with Gasteiger partial charge in [0.2, 0.25) is 5.88 Å². The number of hydrogen-bond acceptors (Lipinski definition) is 10. The summed E-state index contributed by atoms with van der Waals surface area (Å²) in [5.74, 6) is 1.38. The third-order valence-corrected chi connectivity index (χ3v) is 10.5. The van der Waals surface area contributed by atoms with Gasteiger partial charge in [0, 0.05) is 46.8 Å². The highest BCUT2D eigenvalue weighted by atomic mass is 32.1. The first-order valence-electron chi connectivity index (χ1n) is 14.7. The Morgan fingerprint density at radius 1 is 1.20 bits per heavy atom. The number of nitrogens with two attached hydrogens (primary N) is 1. The van der Waals surface area contributed by atoms with E-state index in [0.717, 1.165) is 93.7 Å². The number of aromatic nitrogens is 2. The summed E-state index contributed by atoms with van der Waals surface area (Å²) in [4.78, 5) is 15.2. The predicted molar refractivity (Wildman–Crippen MR) is 158 cm³/mol. The number of thiophene rings is 1. The predicted octanol–water partition coefficient (Wildman–Crippen LogP) is 5.20. The molecule has 4 heterocycles. The van der Waals surface area contributed by atoms with Crippen LogP contribution in [0.3, 0.4) is 0 Å². The van der Waals surface area contributed by atoms with Gasteiger partial charge in [0.05, 0.1) is 5.56 Å². The van der Waals surface area contributed by atoms with Crippen molar-refractivity contribution in [1.82, 2.24) is 14.9 Å². The summed E-state index contributed by atoms with van der Waals surface area (Å²) in [5, 5.41) is 31.7. The molecule has 1 spiro atoms. The Morgan fingerprint density at radius 2 is 1.95 bits per heavy atom. The van der Waals surface area contributed by atoms with Crippen LogP contribution in [-0.2, 0) is 11.8 Å². The molecule has 3 atom stereocenters. The molecule has 0 amide bonds. The number of likely N-dealkylation sites (N-methyl/N-ethyl adjacent to an activating group) is 1. The van der Waals surface area contributed by atoms with Crippen LogP contribution in [0.1, 0.15) is 86.5 Å². The number of allylic oxidation sites excluding steroid dienone is 1. The van der Waals surface area contributed by atoms with Gasteiger partial charge in [-0.05, 0) is 90.3 Å². The van der Waals surface area contributed by atoms with E-state index in [1.807, 2.05) is 6.07 Å². The monoisotopic (exact) mass is 561 g/mol. The lowest BCUT2D eigenvalue weighted by atomic mass is 9.60. The number of likely N-dealkylation sites (tertiary alicyclic amines) is 1. The van der Waals surface area contributed by atoms with Crippen LogP contribution in [0.5, 0.6) is 5.88 Å². The molecular formula is C30H39N7O2S. The minimum absolute atomic E-state index is 0.0468. The van der Waals surface area contributed by atoms with Crippen LogP contribution < -0.4 is 15.4 Å². The summed E-state index contributed by atoms with van der Waals surface area (Å²) >= 11 is 1.48. The number of ether oxygens (including phenoxy) is 1. The third kappa shape index (κ3) is 4.53. The van der Waals surface area contributed by atoms with Crippen LogP contribution in [0, 0.1) is 16.7 Å². The quantitative estimate of drug-likeness (QED) is 0.424. The Bertz CT molecular complexity index is 1390. The van der Waals surface area contributed by atoms with Crippen LogP contribution in [0.15, 0.2) is 11.6 Å². The van der Waals surface area contributed by atoms with Crippen LogP contribution in [0.25, 0.3) is 5.76 Å². The molecule has 1 saturated carbocycles. The smallest absolute Gasteiger partial charge is 0.219 e. The van der Waals surface area contributed by atoms with Gasteiger partial charge in [-0.25, -0.2) is 4.98 Å². The molecule has 2 aromatic rings. The third-order valence-electron chi connectivity index (χ3n) is 9.46. The highest BCUT2D eigenvalue weighted by molar-refractivity contribution is 7.16. The maximum Gasteiger partial charge on any atom is 0.219 e. The molecule has 40 heavy (non-hydrogen) atoms. The fourth-order valence-corrected chi connectivity index (χ4v) is 8.59. The first-order chi connectivity index (χ1) is 19.3. The molecule has 2 saturated heterocycles. The number of aliphatic hydroxyl groups excluding tert-OH is 1. The van der Waals surface area contributed by atoms with E-state index in [9.17, 15) is 15.8 Å². The second-order valence-electron chi connectivity index (χ2n) is 11.8. The van der Waals surface area contributed by atoms with Crippen molar-refractivity contribution in [3.63, 3.8) is 0 Å². The average Bonchev–Trinajstić information content (AvgIpc) is 3.70. The van der Waals surface area contributed by atoms with Gasteiger partial charge < -0.3 is 25.9 Å². The molecule has 2 aliphatic carbocycles. The van der Waals surface area contributed by atoms with Crippen molar-refractivity contribution in [2.45, 2.75) is 88.7 Å². The van der Waals surface area contributed by atoms with Gasteiger partial charge in [-0.15, -0.1) is 11.3 Å². The summed E-state index contributed by atoms with van der Waals surface area (Å²) in [6.45, 7) is 4.97. The van der Waals surface area contributed by atoms with Crippen LogP contribution in [0.2, 0.25) is 0 Å². The number of nitrogens with one attached hydrogen (secondary N) is 1. The van der Waals surface area contributed by atoms with Crippen molar-refractivity contribution in [3.05, 3.63) is 33.5 Å². The molecule has 0 radical (unpaired) electrons. The topological polar surface area (TPSA) is 135 Å². The lowest BCUT2D eigenvalue weighted by molar-refractivity contribution is 0.116. The first-order valence-corrected chi connectivity index (χ1v) is 15.5. The Balaban J connectivity index is 1.39. The minimum Gasteiger partial charge on any atom is -0.504 e. The number of hydrogen-bond donors (Lipinski definition) is 3. The van der Waals surface area contributed by atoms with Crippen molar-refractivity contribution < 1.29 is 9.84 Å². The Kier molecular flexibility index (Phi) is 7.21. The molecule has 4 aliphatic rings. The second-order valence-corrected chi connectivity index (χ2v) is 13.0. The van der Waals surface area contributed by atoms with E-state index in [-0.39, 0.29) is 17.7 Å². The van der Waals surface area contributed by atoms with E-state index in [0.29, 0.717) is 40.2 Å². The largest absolute Gasteiger partial charge is 0.504 e. The Hall–Kier alpha value is -3.16. The number of nitrogen functional groups attached to an aromatic ring is 1. The van der Waals surface area contributed by atoms with Crippen LogP contribution >= 0.6 is 11.3 Å². The highest BCUT2D eigenvalue weighted by Crippen LogP contribution is 2.52. The standard InChI is InChI=1S/C30H39N7O2S/c1-18(21-9-7-13-36(21)2)39-24-16-23(37-14-3-4-15-37)34-29(35-24)26(38)19-8-5-11-30(27(19)32)12-6-10-22-25(30)20(17-31)28(33)40-22/h16,18,21,32,38H,3-15,33H2,1-2H3/b26-19-,32-27?/t18-,21-,30-/m0/s1. The molecule has 2 aromatic heterocycles. The van der Waals surface area contributed by atoms with Gasteiger partial charge >= 0.3 is 0 Å². The summed E-state index contributed by atoms with van der Waals surface area (Å²) in [6, 6.07) is 4.54. The molecular weight excluding hydrogens is 522 g/mol. The zero-order chi connectivity index (χ0) is 28.0. The molecule has 0 unspecified atom stereocenters. The Morgan fingerprint density at radius 3 is 2.65 bits per heavy atom. The first kappa shape index (κ1) is 27.0. The van der Waals surface area contributed by atoms with Gasteiger partial charge in [-0.1, -0.05) is 0 Å². The molecule has 0 bridgehead atoms. The lowest BCUT2D eigenvalue weighted by Gasteiger charge is -2.42. The van der Waals surface area contributed by atoms with Crippen LogP contribution in [0.4, 0.5) is 10.8 Å². The number of rotatable bonds is 5. The SMILES string of the molecule is C[C@H](Oc1cc(N2CCCC2)nc(/C(O)=C2\CCC[C@@]3(CCCc4sc(N)c(C#N)c43)C2=N)n1)[C@@H]1CCCN1C. The summed E-state index contributed by atoms with van der Waals surface area (Å²) in [6.07, 6.45) is 9.13. The van der Waals surface area contributed by atoms with Crippen molar-refractivity contribution in [3.8, 4) is 11.9 Å². The van der Waals surface area contributed by atoms with Gasteiger partial charge in [-0.2, -0.15) is 10.2 Å². The number of fused-ring (bicyclic) bond motifs is 2. The van der Waals surface area contributed by atoms with Crippen LogP contribution in [-0.4, -0.2) is 64.5 Å². The molecule has 9 nitrogen and oxygen atoms in total. The molecule has 212 valence electrons. The summed E-state index contributed by atoms with van der Waals surface area (Å²) in [7, 11) is 2.13. The molecule has 3 fully saturated rings. The number of aliphatic hydroxyl groups is 1. The number of anilines is 2. The summed E-state index contributed by atoms with van der Waals surface area (Å²) < 4.78 is 6.41. The van der Waals surface area contributed by atoms with Gasteiger partial charge in [-0.3, -0.25) is 4.90 Å². The number of aryl methyl sites for hydroxylation is 1. The maximum absolute atomic E-state index is 11.7. The molecule has 0 aromatic carbocycles. The van der Waals surface area contributed by atoms with Gasteiger partial charge in [0.15, 0.2) is 11.6 Å².